The van der Waals surface area contributed by atoms with Crippen LogP contribution < -0.4 is 5.32 Å². The van der Waals surface area contributed by atoms with Gasteiger partial charge in [-0.3, -0.25) is 4.79 Å². The lowest BCUT2D eigenvalue weighted by molar-refractivity contribution is -0.140. The second-order valence-corrected chi connectivity index (χ2v) is 5.84. The number of amides is 1. The van der Waals surface area contributed by atoms with E-state index in [0.29, 0.717) is 12.2 Å². The van der Waals surface area contributed by atoms with Gasteiger partial charge in [0.05, 0.1) is 12.2 Å². The Morgan fingerprint density at radius 1 is 1.29 bits per heavy atom. The highest BCUT2D eigenvalue weighted by atomic mass is 19.1. The fourth-order valence-electron chi connectivity index (χ4n) is 2.21. The van der Waals surface area contributed by atoms with E-state index in [1.807, 2.05) is 0 Å². The van der Waals surface area contributed by atoms with Crippen molar-refractivity contribution in [3.8, 4) is 0 Å². The molecule has 8 heteroatoms. The Bertz CT molecular complexity index is 740. The van der Waals surface area contributed by atoms with Gasteiger partial charge in [-0.15, -0.1) is 5.10 Å². The summed E-state index contributed by atoms with van der Waals surface area (Å²) >= 11 is 0. The number of hydrogen-bond donors (Lipinski definition) is 2. The highest BCUT2D eigenvalue weighted by Crippen LogP contribution is 2.10. The number of rotatable bonds is 6. The molecule has 0 aliphatic carbocycles. The Morgan fingerprint density at radius 2 is 1.92 bits per heavy atom. The summed E-state index contributed by atoms with van der Waals surface area (Å²) in [7, 11) is 0. The molecule has 2 rings (SSSR count). The van der Waals surface area contributed by atoms with Gasteiger partial charge >= 0.3 is 5.97 Å². The van der Waals surface area contributed by atoms with Crippen LogP contribution in [0.3, 0.4) is 0 Å². The molecular formula is C16H19FN4O3. The Morgan fingerprint density at radius 3 is 2.46 bits per heavy atom. The standard InChI is InChI=1S/C16H19FN4O3/c1-9(2)13(16(23)24)18-15(22)14-10(3)21(20-19-14)8-11-4-6-12(17)7-5-11/h4-7,9,13H,8H2,1-3H3,(H,18,22)(H,23,24)/t13-/m1/s1. The van der Waals surface area contributed by atoms with Crippen molar-refractivity contribution in [1.29, 1.82) is 0 Å². The Hall–Kier alpha value is -2.77. The molecule has 2 aromatic rings. The van der Waals surface area contributed by atoms with E-state index in [1.54, 1.807) is 32.9 Å². The normalized spacial score (nSPS) is 12.2. The fraction of sp³-hybridized carbons (Fsp3) is 0.375. The molecule has 0 saturated heterocycles. The topological polar surface area (TPSA) is 97.1 Å². The summed E-state index contributed by atoms with van der Waals surface area (Å²) in [4.78, 5) is 23.4. The number of carbonyl (C=O) groups excluding carboxylic acids is 1. The number of carbonyl (C=O) groups is 2. The molecule has 0 unspecified atom stereocenters. The molecule has 128 valence electrons. The maximum absolute atomic E-state index is 12.9. The molecule has 0 fully saturated rings. The molecule has 0 aliphatic rings. The van der Waals surface area contributed by atoms with E-state index in [-0.39, 0.29) is 17.4 Å². The largest absolute Gasteiger partial charge is 0.480 e. The molecule has 1 atom stereocenters. The van der Waals surface area contributed by atoms with Gasteiger partial charge in [-0.1, -0.05) is 31.2 Å². The van der Waals surface area contributed by atoms with Crippen LogP contribution in [-0.4, -0.2) is 38.0 Å². The van der Waals surface area contributed by atoms with Gasteiger partial charge in [-0.05, 0) is 30.5 Å². The summed E-state index contributed by atoms with van der Waals surface area (Å²) in [5.41, 5.74) is 1.38. The number of nitrogens with zero attached hydrogens (tertiary/aromatic N) is 3. The smallest absolute Gasteiger partial charge is 0.326 e. The summed E-state index contributed by atoms with van der Waals surface area (Å²) in [6.07, 6.45) is 0. The van der Waals surface area contributed by atoms with Crippen LogP contribution in [0.1, 0.15) is 35.6 Å². The molecule has 2 N–H and O–H groups in total. The van der Waals surface area contributed by atoms with Gasteiger partial charge in [0, 0.05) is 0 Å². The van der Waals surface area contributed by atoms with Crippen molar-refractivity contribution in [2.45, 2.75) is 33.4 Å². The van der Waals surface area contributed by atoms with Crippen LogP contribution in [-0.2, 0) is 11.3 Å². The van der Waals surface area contributed by atoms with Crippen molar-refractivity contribution < 1.29 is 19.1 Å². The Balaban J connectivity index is 2.15. The fourth-order valence-corrected chi connectivity index (χ4v) is 2.21. The molecule has 1 amide bonds. The van der Waals surface area contributed by atoms with Crippen molar-refractivity contribution in [2.75, 3.05) is 0 Å². The average Bonchev–Trinajstić information content (AvgIpc) is 2.87. The van der Waals surface area contributed by atoms with Crippen LogP contribution in [0.5, 0.6) is 0 Å². The minimum absolute atomic E-state index is 0.0732. The molecule has 0 bridgehead atoms. The Labute approximate surface area is 138 Å². The van der Waals surface area contributed by atoms with E-state index in [1.165, 1.54) is 16.8 Å². The van der Waals surface area contributed by atoms with Crippen molar-refractivity contribution in [3.05, 3.63) is 47.0 Å². The van der Waals surface area contributed by atoms with Gasteiger partial charge in [0.1, 0.15) is 11.9 Å². The van der Waals surface area contributed by atoms with E-state index in [9.17, 15) is 14.0 Å². The number of carboxylic acids is 1. The van der Waals surface area contributed by atoms with Crippen LogP contribution >= 0.6 is 0 Å². The predicted octanol–water partition coefficient (Wildman–Crippen LogP) is 1.61. The molecule has 0 radical (unpaired) electrons. The van der Waals surface area contributed by atoms with E-state index in [2.05, 4.69) is 15.6 Å². The maximum Gasteiger partial charge on any atom is 0.326 e. The lowest BCUT2D eigenvalue weighted by Gasteiger charge is -2.17. The van der Waals surface area contributed by atoms with Crippen molar-refractivity contribution in [2.24, 2.45) is 5.92 Å². The van der Waals surface area contributed by atoms with Gasteiger partial charge in [-0.2, -0.15) is 0 Å². The molecule has 7 nitrogen and oxygen atoms in total. The lowest BCUT2D eigenvalue weighted by atomic mass is 10.0. The van der Waals surface area contributed by atoms with Crippen molar-refractivity contribution in [3.63, 3.8) is 0 Å². The third kappa shape index (κ3) is 3.95. The third-order valence-electron chi connectivity index (χ3n) is 3.66. The quantitative estimate of drug-likeness (QED) is 0.836. The summed E-state index contributed by atoms with van der Waals surface area (Å²) < 4.78 is 14.4. The van der Waals surface area contributed by atoms with Crippen molar-refractivity contribution >= 4 is 11.9 Å². The molecular weight excluding hydrogens is 315 g/mol. The number of carboxylic acid groups (broad SMARTS) is 1. The first-order valence-electron chi connectivity index (χ1n) is 7.47. The summed E-state index contributed by atoms with van der Waals surface area (Å²) in [6.45, 7) is 5.41. The molecule has 0 spiro atoms. The highest BCUT2D eigenvalue weighted by Gasteiger charge is 2.26. The van der Waals surface area contributed by atoms with Gasteiger partial charge in [0.25, 0.3) is 5.91 Å². The predicted molar refractivity (Wildman–Crippen MR) is 84.0 cm³/mol. The first-order valence-corrected chi connectivity index (χ1v) is 7.47. The molecule has 0 saturated carbocycles. The summed E-state index contributed by atoms with van der Waals surface area (Å²) in [5.74, 6) is -2.28. The number of nitrogens with one attached hydrogen (secondary N) is 1. The van der Waals surface area contributed by atoms with Gasteiger partial charge in [-0.25, -0.2) is 13.9 Å². The maximum atomic E-state index is 12.9. The molecule has 1 aromatic carbocycles. The van der Waals surface area contributed by atoms with Crippen LogP contribution in [0.2, 0.25) is 0 Å². The average molecular weight is 334 g/mol. The SMILES string of the molecule is Cc1c(C(=O)N[C@@H](C(=O)O)C(C)C)nnn1Cc1ccc(F)cc1. The third-order valence-corrected chi connectivity index (χ3v) is 3.66. The van der Waals surface area contributed by atoms with Crippen LogP contribution in [0.15, 0.2) is 24.3 Å². The number of benzene rings is 1. The van der Waals surface area contributed by atoms with Gasteiger partial charge in [0.15, 0.2) is 5.69 Å². The number of aromatic nitrogens is 3. The molecule has 24 heavy (non-hydrogen) atoms. The van der Waals surface area contributed by atoms with Crippen LogP contribution in [0.25, 0.3) is 0 Å². The first-order chi connectivity index (χ1) is 11.3. The zero-order chi connectivity index (χ0) is 17.9. The second kappa shape index (κ2) is 7.20. The highest BCUT2D eigenvalue weighted by molar-refractivity contribution is 5.95. The summed E-state index contributed by atoms with van der Waals surface area (Å²) in [5, 5.41) is 19.3. The minimum atomic E-state index is -1.10. The lowest BCUT2D eigenvalue weighted by Crippen LogP contribution is -2.44. The van der Waals surface area contributed by atoms with Gasteiger partial charge in [0.2, 0.25) is 0 Å². The van der Waals surface area contributed by atoms with E-state index in [0.717, 1.165) is 5.56 Å². The van der Waals surface area contributed by atoms with E-state index < -0.39 is 17.9 Å². The summed E-state index contributed by atoms with van der Waals surface area (Å²) in [6, 6.07) is 4.93. The first kappa shape index (κ1) is 17.6. The molecule has 1 heterocycles. The molecule has 0 aliphatic heterocycles. The number of halogens is 1. The minimum Gasteiger partial charge on any atom is -0.480 e. The van der Waals surface area contributed by atoms with Crippen LogP contribution in [0.4, 0.5) is 4.39 Å². The van der Waals surface area contributed by atoms with Crippen molar-refractivity contribution in [1.82, 2.24) is 20.3 Å². The van der Waals surface area contributed by atoms with Gasteiger partial charge < -0.3 is 10.4 Å². The second-order valence-electron chi connectivity index (χ2n) is 5.84. The van der Waals surface area contributed by atoms with E-state index in [4.69, 9.17) is 5.11 Å². The van der Waals surface area contributed by atoms with E-state index >= 15 is 0 Å². The number of aliphatic carboxylic acids is 1. The zero-order valence-electron chi connectivity index (χ0n) is 13.7. The van der Waals surface area contributed by atoms with Crippen LogP contribution in [0, 0.1) is 18.7 Å². The number of hydrogen-bond acceptors (Lipinski definition) is 4. The zero-order valence-corrected chi connectivity index (χ0v) is 13.7. The molecule has 1 aromatic heterocycles. The Kier molecular flexibility index (Phi) is 5.28. The monoisotopic (exact) mass is 334 g/mol.